The van der Waals surface area contributed by atoms with Gasteiger partial charge in [-0.3, -0.25) is 9.10 Å². The summed E-state index contributed by atoms with van der Waals surface area (Å²) in [5, 5.41) is 2.84. The Balaban J connectivity index is 1.69. The van der Waals surface area contributed by atoms with Crippen molar-refractivity contribution in [3.63, 3.8) is 0 Å². The first-order chi connectivity index (χ1) is 17.7. The van der Waals surface area contributed by atoms with E-state index < -0.39 is 15.9 Å². The Hall–Kier alpha value is -3.72. The largest absolute Gasteiger partial charge is 0.493 e. The van der Waals surface area contributed by atoms with Gasteiger partial charge in [-0.25, -0.2) is 8.42 Å². The molecule has 0 unspecified atom stereocenters. The second-order valence-corrected chi connectivity index (χ2v) is 10.5. The zero-order valence-corrected chi connectivity index (χ0v) is 22.5. The van der Waals surface area contributed by atoms with Gasteiger partial charge >= 0.3 is 0 Å². The molecule has 9 heteroatoms. The molecule has 0 aromatic heterocycles. The van der Waals surface area contributed by atoms with Crippen LogP contribution in [0.3, 0.4) is 0 Å². The van der Waals surface area contributed by atoms with E-state index in [1.165, 1.54) is 32.4 Å². The molecule has 198 valence electrons. The third-order valence-electron chi connectivity index (χ3n) is 5.51. The molecule has 0 saturated heterocycles. The third-order valence-corrected chi connectivity index (χ3v) is 7.28. The molecule has 8 nitrogen and oxygen atoms in total. The van der Waals surface area contributed by atoms with E-state index in [2.05, 4.69) is 5.32 Å². The summed E-state index contributed by atoms with van der Waals surface area (Å²) in [5.74, 6) is 1.11. The van der Waals surface area contributed by atoms with Gasteiger partial charge in [0.25, 0.3) is 10.0 Å². The van der Waals surface area contributed by atoms with Gasteiger partial charge in [0.2, 0.25) is 5.91 Å². The van der Waals surface area contributed by atoms with E-state index in [-0.39, 0.29) is 23.3 Å². The molecule has 0 radical (unpaired) electrons. The highest BCUT2D eigenvalue weighted by Gasteiger charge is 2.28. The maximum atomic E-state index is 13.6. The number of anilines is 1. The van der Waals surface area contributed by atoms with Gasteiger partial charge in [0.05, 0.1) is 30.9 Å². The van der Waals surface area contributed by atoms with Crippen LogP contribution in [0, 0.1) is 0 Å². The Labute approximate surface area is 219 Å². The SMILES string of the molecule is COc1ccc(S(=O)(=O)N(CC(=O)NCCCc2cccc(OC(C)C)c2)c2ccccc2)cc1OC. The van der Waals surface area contributed by atoms with Crippen molar-refractivity contribution >= 4 is 21.6 Å². The van der Waals surface area contributed by atoms with Gasteiger partial charge < -0.3 is 19.5 Å². The van der Waals surface area contributed by atoms with E-state index in [0.29, 0.717) is 24.4 Å². The van der Waals surface area contributed by atoms with Gasteiger partial charge in [-0.05, 0) is 68.7 Å². The van der Waals surface area contributed by atoms with Gasteiger partial charge in [0.1, 0.15) is 12.3 Å². The van der Waals surface area contributed by atoms with Crippen molar-refractivity contribution in [3.05, 3.63) is 78.4 Å². The molecule has 1 N–H and O–H groups in total. The quantitative estimate of drug-likeness (QED) is 0.331. The maximum Gasteiger partial charge on any atom is 0.264 e. The van der Waals surface area contributed by atoms with Crippen molar-refractivity contribution in [2.24, 2.45) is 0 Å². The van der Waals surface area contributed by atoms with E-state index in [4.69, 9.17) is 14.2 Å². The number of carbonyl (C=O) groups is 1. The molecule has 0 fully saturated rings. The summed E-state index contributed by atoms with van der Waals surface area (Å²) in [7, 11) is -1.16. The van der Waals surface area contributed by atoms with Crippen LogP contribution in [0.15, 0.2) is 77.7 Å². The fourth-order valence-corrected chi connectivity index (χ4v) is 5.20. The number of amides is 1. The van der Waals surface area contributed by atoms with Gasteiger partial charge in [-0.15, -0.1) is 0 Å². The van der Waals surface area contributed by atoms with E-state index in [1.54, 1.807) is 30.3 Å². The minimum Gasteiger partial charge on any atom is -0.493 e. The van der Waals surface area contributed by atoms with Crippen molar-refractivity contribution in [2.75, 3.05) is 31.6 Å². The van der Waals surface area contributed by atoms with E-state index in [9.17, 15) is 13.2 Å². The number of aryl methyl sites for hydroxylation is 1. The summed E-state index contributed by atoms with van der Waals surface area (Å²) >= 11 is 0. The van der Waals surface area contributed by atoms with Gasteiger partial charge in [-0.2, -0.15) is 0 Å². The second-order valence-electron chi connectivity index (χ2n) is 8.63. The molecule has 0 heterocycles. The number of rotatable bonds is 13. The molecule has 0 spiro atoms. The third kappa shape index (κ3) is 7.63. The van der Waals surface area contributed by atoms with Gasteiger partial charge in [-0.1, -0.05) is 30.3 Å². The number of nitrogens with one attached hydrogen (secondary N) is 1. The Morgan fingerprint density at radius 3 is 2.32 bits per heavy atom. The average Bonchev–Trinajstić information content (AvgIpc) is 2.89. The van der Waals surface area contributed by atoms with Gasteiger partial charge in [0, 0.05) is 12.6 Å². The van der Waals surface area contributed by atoms with Crippen LogP contribution in [0.4, 0.5) is 5.69 Å². The lowest BCUT2D eigenvalue weighted by Gasteiger charge is -2.24. The topological polar surface area (TPSA) is 94.2 Å². The average molecular weight is 527 g/mol. The first kappa shape index (κ1) is 27.9. The van der Waals surface area contributed by atoms with Crippen LogP contribution in [0.1, 0.15) is 25.8 Å². The van der Waals surface area contributed by atoms with Gasteiger partial charge in [0.15, 0.2) is 11.5 Å². The summed E-state index contributed by atoms with van der Waals surface area (Å²) in [6, 6.07) is 20.8. The second kappa shape index (κ2) is 13.0. The van der Waals surface area contributed by atoms with Crippen molar-refractivity contribution in [3.8, 4) is 17.2 Å². The summed E-state index contributed by atoms with van der Waals surface area (Å²) in [5.41, 5.74) is 1.49. The predicted octanol–water partition coefficient (Wildman–Crippen LogP) is 4.44. The van der Waals surface area contributed by atoms with Crippen LogP contribution in [0.5, 0.6) is 17.2 Å². The molecule has 3 rings (SSSR count). The van der Waals surface area contributed by atoms with Crippen molar-refractivity contribution in [1.29, 1.82) is 0 Å². The number of methoxy groups -OCH3 is 2. The van der Waals surface area contributed by atoms with Crippen LogP contribution in [0.25, 0.3) is 0 Å². The van der Waals surface area contributed by atoms with Crippen LogP contribution >= 0.6 is 0 Å². The number of nitrogens with zero attached hydrogens (tertiary/aromatic N) is 1. The smallest absolute Gasteiger partial charge is 0.264 e. The Bertz CT molecular complexity index is 1280. The molecule has 0 aliphatic carbocycles. The van der Waals surface area contributed by atoms with E-state index in [0.717, 1.165) is 22.0 Å². The van der Waals surface area contributed by atoms with E-state index in [1.807, 2.05) is 38.1 Å². The minimum absolute atomic E-state index is 0.00898. The fourth-order valence-electron chi connectivity index (χ4n) is 3.77. The number of hydrogen-bond acceptors (Lipinski definition) is 6. The van der Waals surface area contributed by atoms with E-state index >= 15 is 0 Å². The lowest BCUT2D eigenvalue weighted by molar-refractivity contribution is -0.119. The summed E-state index contributed by atoms with van der Waals surface area (Å²) < 4.78 is 44.5. The Morgan fingerprint density at radius 1 is 0.919 bits per heavy atom. The van der Waals surface area contributed by atoms with Crippen LogP contribution < -0.4 is 23.8 Å². The maximum absolute atomic E-state index is 13.6. The standard InChI is InChI=1S/C28H34N2O6S/c1-21(2)36-24-14-8-10-22(18-24)11-9-17-29-28(31)20-30(23-12-6-5-7-13-23)37(32,33)25-15-16-26(34-3)27(19-25)35-4/h5-8,10,12-16,18-19,21H,9,11,17,20H2,1-4H3,(H,29,31). The Kier molecular flexibility index (Phi) is 9.79. The van der Waals surface area contributed by atoms with Crippen molar-refractivity contribution in [1.82, 2.24) is 5.32 Å². The first-order valence-electron chi connectivity index (χ1n) is 12.1. The highest BCUT2D eigenvalue weighted by Crippen LogP contribution is 2.32. The zero-order chi connectivity index (χ0) is 26.8. The summed E-state index contributed by atoms with van der Waals surface area (Å²) in [4.78, 5) is 12.8. The normalized spacial score (nSPS) is 11.2. The zero-order valence-electron chi connectivity index (χ0n) is 21.6. The highest BCUT2D eigenvalue weighted by atomic mass is 32.2. The summed E-state index contributed by atoms with van der Waals surface area (Å²) in [6.45, 7) is 4.00. The predicted molar refractivity (Wildman–Crippen MR) is 144 cm³/mol. The molecule has 3 aromatic carbocycles. The lowest BCUT2D eigenvalue weighted by Crippen LogP contribution is -2.41. The number of para-hydroxylation sites is 1. The van der Waals surface area contributed by atoms with Crippen LogP contribution in [0.2, 0.25) is 0 Å². The lowest BCUT2D eigenvalue weighted by atomic mass is 10.1. The molecule has 0 bridgehead atoms. The molecule has 0 aliphatic heterocycles. The molecule has 3 aromatic rings. The molecular weight excluding hydrogens is 492 g/mol. The monoisotopic (exact) mass is 526 g/mol. The molecule has 0 saturated carbocycles. The number of ether oxygens (including phenoxy) is 3. The van der Waals surface area contributed by atoms with Crippen LogP contribution in [-0.4, -0.2) is 47.7 Å². The minimum atomic E-state index is -4.07. The Morgan fingerprint density at radius 2 is 1.65 bits per heavy atom. The number of benzene rings is 3. The number of carbonyl (C=O) groups excluding carboxylic acids is 1. The number of sulfonamides is 1. The molecule has 0 atom stereocenters. The van der Waals surface area contributed by atoms with Crippen LogP contribution in [-0.2, 0) is 21.2 Å². The molecule has 1 amide bonds. The van der Waals surface area contributed by atoms with Crippen molar-refractivity contribution in [2.45, 2.75) is 37.7 Å². The fraction of sp³-hybridized carbons (Fsp3) is 0.321. The molecular formula is C28H34N2O6S. The van der Waals surface area contributed by atoms with Crippen molar-refractivity contribution < 1.29 is 27.4 Å². The highest BCUT2D eigenvalue weighted by molar-refractivity contribution is 7.92. The molecule has 0 aliphatic rings. The number of hydrogen-bond donors (Lipinski definition) is 1. The molecule has 37 heavy (non-hydrogen) atoms. The first-order valence-corrected chi connectivity index (χ1v) is 13.5. The summed E-state index contributed by atoms with van der Waals surface area (Å²) in [6.07, 6.45) is 1.55.